The van der Waals surface area contributed by atoms with Crippen LogP contribution in [0.3, 0.4) is 0 Å². The number of rotatable bonds is 5. The highest BCUT2D eigenvalue weighted by Gasteiger charge is 2.53. The highest BCUT2D eigenvalue weighted by Crippen LogP contribution is 2.42. The van der Waals surface area contributed by atoms with Crippen molar-refractivity contribution in [3.8, 4) is 5.75 Å². The Bertz CT molecular complexity index is 1110. The third-order valence-corrected chi connectivity index (χ3v) is 6.86. The standard InChI is InChI=1S/C25H27N3O3/c1-31-20-8-6-18(7-9-20)16-28-17-25(24(28)30)10-12-27(13-11-25)23(29)14-19-15-26-22-5-3-2-4-21(19)22/h2-9,15,26H,10-14,16-17H2,1H3. The lowest BCUT2D eigenvalue weighted by Gasteiger charge is -2.52. The van der Waals surface area contributed by atoms with Crippen LogP contribution in [0.25, 0.3) is 10.9 Å². The fourth-order valence-corrected chi connectivity index (χ4v) is 4.94. The van der Waals surface area contributed by atoms with E-state index in [1.54, 1.807) is 7.11 Å². The van der Waals surface area contributed by atoms with Gasteiger partial charge >= 0.3 is 0 Å². The number of hydrogen-bond acceptors (Lipinski definition) is 3. The second-order valence-electron chi connectivity index (χ2n) is 8.71. The summed E-state index contributed by atoms with van der Waals surface area (Å²) in [4.78, 5) is 32.9. The van der Waals surface area contributed by atoms with Gasteiger partial charge in [-0.3, -0.25) is 9.59 Å². The normalized spacial score (nSPS) is 17.8. The minimum absolute atomic E-state index is 0.140. The first kappa shape index (κ1) is 19.7. The van der Waals surface area contributed by atoms with Gasteiger partial charge in [-0.15, -0.1) is 0 Å². The first-order valence-electron chi connectivity index (χ1n) is 10.8. The van der Waals surface area contributed by atoms with E-state index in [0.717, 1.165) is 47.2 Å². The second-order valence-corrected chi connectivity index (χ2v) is 8.71. The number of β-lactam (4-membered cyclic amide) rings is 1. The van der Waals surface area contributed by atoms with E-state index in [4.69, 9.17) is 4.74 Å². The van der Waals surface area contributed by atoms with Gasteiger partial charge in [-0.05, 0) is 42.2 Å². The van der Waals surface area contributed by atoms with Crippen LogP contribution in [0.4, 0.5) is 0 Å². The van der Waals surface area contributed by atoms with Crippen LogP contribution in [0.15, 0.2) is 54.7 Å². The number of H-pyrrole nitrogens is 1. The van der Waals surface area contributed by atoms with E-state index in [0.29, 0.717) is 26.1 Å². The molecular weight excluding hydrogens is 390 g/mol. The molecule has 3 heterocycles. The molecule has 160 valence electrons. The summed E-state index contributed by atoms with van der Waals surface area (Å²) < 4.78 is 5.19. The third kappa shape index (κ3) is 3.56. The lowest BCUT2D eigenvalue weighted by molar-refractivity contribution is -0.168. The fraction of sp³-hybridized carbons (Fsp3) is 0.360. The number of methoxy groups -OCH3 is 1. The van der Waals surface area contributed by atoms with E-state index >= 15 is 0 Å². The van der Waals surface area contributed by atoms with Gasteiger partial charge in [0.05, 0.1) is 18.9 Å². The van der Waals surface area contributed by atoms with Gasteiger partial charge < -0.3 is 19.5 Å². The van der Waals surface area contributed by atoms with Crippen LogP contribution >= 0.6 is 0 Å². The van der Waals surface area contributed by atoms with Gasteiger partial charge in [-0.2, -0.15) is 0 Å². The van der Waals surface area contributed by atoms with E-state index < -0.39 is 0 Å². The maximum atomic E-state index is 12.9. The predicted octanol–water partition coefficient (Wildman–Crippen LogP) is 3.37. The first-order valence-corrected chi connectivity index (χ1v) is 10.8. The van der Waals surface area contributed by atoms with Gasteiger partial charge in [-0.1, -0.05) is 30.3 Å². The molecule has 1 N–H and O–H groups in total. The zero-order valence-corrected chi connectivity index (χ0v) is 17.8. The first-order chi connectivity index (χ1) is 15.1. The summed E-state index contributed by atoms with van der Waals surface area (Å²) in [6.45, 7) is 2.72. The molecule has 2 amide bonds. The third-order valence-electron chi connectivity index (χ3n) is 6.86. The van der Waals surface area contributed by atoms with Crippen molar-refractivity contribution in [3.63, 3.8) is 0 Å². The van der Waals surface area contributed by atoms with E-state index in [2.05, 4.69) is 4.98 Å². The van der Waals surface area contributed by atoms with Crippen molar-refractivity contribution in [1.82, 2.24) is 14.8 Å². The zero-order valence-electron chi connectivity index (χ0n) is 17.8. The molecule has 31 heavy (non-hydrogen) atoms. The monoisotopic (exact) mass is 417 g/mol. The summed E-state index contributed by atoms with van der Waals surface area (Å²) in [5.74, 6) is 1.19. The van der Waals surface area contributed by atoms with Gasteiger partial charge in [0.2, 0.25) is 11.8 Å². The second kappa shape index (κ2) is 7.76. The van der Waals surface area contributed by atoms with Crippen molar-refractivity contribution in [3.05, 3.63) is 65.9 Å². The number of likely N-dealkylation sites (tertiary alicyclic amines) is 2. The summed E-state index contributed by atoms with van der Waals surface area (Å²) in [5.41, 5.74) is 2.92. The molecule has 2 aromatic carbocycles. The van der Waals surface area contributed by atoms with Crippen LogP contribution < -0.4 is 4.74 Å². The smallest absolute Gasteiger partial charge is 0.231 e. The quantitative estimate of drug-likeness (QED) is 0.648. The molecule has 1 aromatic heterocycles. The zero-order chi connectivity index (χ0) is 21.4. The van der Waals surface area contributed by atoms with E-state index in [1.165, 1.54) is 0 Å². The van der Waals surface area contributed by atoms with Crippen molar-refractivity contribution in [2.24, 2.45) is 5.41 Å². The minimum atomic E-state index is -0.274. The summed E-state index contributed by atoms with van der Waals surface area (Å²) >= 11 is 0. The maximum Gasteiger partial charge on any atom is 0.231 e. The molecule has 5 rings (SSSR count). The lowest BCUT2D eigenvalue weighted by Crippen LogP contribution is -2.64. The summed E-state index contributed by atoms with van der Waals surface area (Å²) in [6.07, 6.45) is 3.84. The Balaban J connectivity index is 1.16. The number of carbonyl (C=O) groups excluding carboxylic acids is 2. The number of amides is 2. The fourth-order valence-electron chi connectivity index (χ4n) is 4.94. The molecule has 0 bridgehead atoms. The molecule has 6 nitrogen and oxygen atoms in total. The van der Waals surface area contributed by atoms with Crippen molar-refractivity contribution >= 4 is 22.7 Å². The molecule has 2 aliphatic rings. The number of nitrogens with zero attached hydrogens (tertiary/aromatic N) is 2. The van der Waals surface area contributed by atoms with E-state index in [1.807, 2.05) is 64.5 Å². The molecular formula is C25H27N3O3. The predicted molar refractivity (Wildman–Crippen MR) is 119 cm³/mol. The Morgan fingerprint density at radius 1 is 1.10 bits per heavy atom. The Kier molecular flexibility index (Phi) is 4.93. The Morgan fingerprint density at radius 2 is 1.84 bits per heavy atom. The molecule has 2 aliphatic heterocycles. The van der Waals surface area contributed by atoms with Gasteiger partial charge in [-0.25, -0.2) is 0 Å². The average molecular weight is 418 g/mol. The van der Waals surface area contributed by atoms with Crippen LogP contribution in [0, 0.1) is 5.41 Å². The molecule has 2 fully saturated rings. The van der Waals surface area contributed by atoms with Crippen LogP contribution in [0.5, 0.6) is 5.75 Å². The highest BCUT2D eigenvalue weighted by atomic mass is 16.5. The summed E-state index contributed by atoms with van der Waals surface area (Å²) in [7, 11) is 1.65. The SMILES string of the molecule is COc1ccc(CN2CC3(CCN(C(=O)Cc4c[nH]c5ccccc45)CC3)C2=O)cc1. The molecule has 0 radical (unpaired) electrons. The largest absolute Gasteiger partial charge is 0.497 e. The van der Waals surface area contributed by atoms with Crippen LogP contribution in [0.2, 0.25) is 0 Å². The molecule has 0 atom stereocenters. The average Bonchev–Trinajstić information content (AvgIpc) is 3.22. The number of para-hydroxylation sites is 1. The number of ether oxygens (including phenoxy) is 1. The summed E-state index contributed by atoms with van der Waals surface area (Å²) in [6, 6.07) is 15.9. The topological polar surface area (TPSA) is 65.6 Å². The van der Waals surface area contributed by atoms with Crippen LogP contribution in [-0.2, 0) is 22.6 Å². The Morgan fingerprint density at radius 3 is 2.55 bits per heavy atom. The van der Waals surface area contributed by atoms with Gasteiger partial charge in [0.15, 0.2) is 0 Å². The molecule has 0 saturated carbocycles. The number of aromatic nitrogens is 1. The number of nitrogens with one attached hydrogen (secondary N) is 1. The Hall–Kier alpha value is -3.28. The number of carbonyl (C=O) groups is 2. The molecule has 0 unspecified atom stereocenters. The molecule has 0 aliphatic carbocycles. The number of aromatic amines is 1. The Labute approximate surface area is 181 Å². The number of piperidine rings is 1. The highest BCUT2D eigenvalue weighted by molar-refractivity contribution is 5.90. The molecule has 1 spiro atoms. The van der Waals surface area contributed by atoms with Crippen LogP contribution in [0.1, 0.15) is 24.0 Å². The minimum Gasteiger partial charge on any atom is -0.497 e. The molecule has 2 saturated heterocycles. The van der Waals surface area contributed by atoms with Crippen molar-refractivity contribution < 1.29 is 14.3 Å². The number of fused-ring (bicyclic) bond motifs is 1. The maximum absolute atomic E-state index is 12.9. The van der Waals surface area contributed by atoms with Crippen molar-refractivity contribution in [1.29, 1.82) is 0 Å². The number of benzene rings is 2. The summed E-state index contributed by atoms with van der Waals surface area (Å²) in [5, 5.41) is 1.10. The van der Waals surface area contributed by atoms with E-state index in [9.17, 15) is 9.59 Å². The lowest BCUT2D eigenvalue weighted by atomic mass is 9.71. The molecule has 6 heteroatoms. The van der Waals surface area contributed by atoms with Crippen molar-refractivity contribution in [2.45, 2.75) is 25.8 Å². The number of hydrogen-bond donors (Lipinski definition) is 1. The van der Waals surface area contributed by atoms with Crippen molar-refractivity contribution in [2.75, 3.05) is 26.7 Å². The van der Waals surface area contributed by atoms with Gasteiger partial charge in [0, 0.05) is 43.3 Å². The van der Waals surface area contributed by atoms with E-state index in [-0.39, 0.29) is 17.2 Å². The molecule has 3 aromatic rings. The van der Waals surface area contributed by atoms with Crippen LogP contribution in [-0.4, -0.2) is 53.3 Å². The van der Waals surface area contributed by atoms with Gasteiger partial charge in [0.1, 0.15) is 5.75 Å². The van der Waals surface area contributed by atoms with Gasteiger partial charge in [0.25, 0.3) is 0 Å².